The minimum Gasteiger partial charge on any atom is -0.389 e. The zero-order chi connectivity index (χ0) is 20.1. The number of hydrogen-bond donors (Lipinski definition) is 2. The van der Waals surface area contributed by atoms with Crippen molar-refractivity contribution in [2.45, 2.75) is 50.2 Å². The highest BCUT2D eigenvalue weighted by molar-refractivity contribution is 7.88. The van der Waals surface area contributed by atoms with Crippen molar-refractivity contribution in [3.8, 4) is 0 Å². The number of hydrogen-bond acceptors (Lipinski definition) is 6. The van der Waals surface area contributed by atoms with Crippen molar-refractivity contribution in [1.29, 1.82) is 0 Å². The number of sulfonamides is 1. The Balaban J connectivity index is 1.57. The standard InChI is InChI=1S/C19H28N2O6S/c1-28(24,25)21-11-15(22)12-26-13-18-17(21)8-7-16(27-18)9-19(23)20-10-14-5-3-2-4-6-14/h2-6,15-18,22H,7-13H2,1H3,(H,20,23)/t15-,16+,17-,18+/m1/s1. The molecule has 2 aliphatic heterocycles. The maximum Gasteiger partial charge on any atom is 0.222 e. The Morgan fingerprint density at radius 2 is 2.00 bits per heavy atom. The molecule has 0 bridgehead atoms. The molecule has 3 rings (SSSR count). The van der Waals surface area contributed by atoms with Gasteiger partial charge < -0.3 is 19.9 Å². The maximum absolute atomic E-state index is 12.3. The van der Waals surface area contributed by atoms with Crippen LogP contribution in [0, 0.1) is 0 Å². The molecule has 1 amide bonds. The van der Waals surface area contributed by atoms with Crippen molar-refractivity contribution in [2.75, 3.05) is 26.0 Å². The lowest BCUT2D eigenvalue weighted by Gasteiger charge is -2.43. The number of fused-ring (bicyclic) bond motifs is 1. The lowest BCUT2D eigenvalue weighted by atomic mass is 9.96. The van der Waals surface area contributed by atoms with Gasteiger partial charge in [0, 0.05) is 13.1 Å². The summed E-state index contributed by atoms with van der Waals surface area (Å²) in [4.78, 5) is 12.3. The Bertz CT molecular complexity index is 757. The van der Waals surface area contributed by atoms with E-state index in [4.69, 9.17) is 9.47 Å². The molecule has 2 N–H and O–H groups in total. The van der Waals surface area contributed by atoms with Crippen LogP contribution >= 0.6 is 0 Å². The molecule has 0 aromatic heterocycles. The molecule has 156 valence electrons. The highest BCUT2D eigenvalue weighted by Crippen LogP contribution is 2.29. The zero-order valence-electron chi connectivity index (χ0n) is 16.0. The summed E-state index contributed by atoms with van der Waals surface area (Å²) in [6.45, 7) is 0.698. The van der Waals surface area contributed by atoms with Crippen molar-refractivity contribution >= 4 is 15.9 Å². The van der Waals surface area contributed by atoms with Crippen molar-refractivity contribution in [3.05, 3.63) is 35.9 Å². The number of aliphatic hydroxyl groups is 1. The fraction of sp³-hybridized carbons (Fsp3) is 0.632. The van der Waals surface area contributed by atoms with Gasteiger partial charge in [-0.2, -0.15) is 4.31 Å². The number of amides is 1. The monoisotopic (exact) mass is 412 g/mol. The van der Waals surface area contributed by atoms with E-state index < -0.39 is 28.3 Å². The molecule has 8 nitrogen and oxygen atoms in total. The van der Waals surface area contributed by atoms with Gasteiger partial charge in [-0.05, 0) is 18.4 Å². The molecule has 2 heterocycles. The number of carbonyl (C=O) groups excluding carboxylic acids is 1. The van der Waals surface area contributed by atoms with Crippen LogP contribution < -0.4 is 5.32 Å². The predicted molar refractivity (Wildman–Crippen MR) is 103 cm³/mol. The fourth-order valence-electron chi connectivity index (χ4n) is 3.75. The van der Waals surface area contributed by atoms with Crippen molar-refractivity contribution in [3.63, 3.8) is 0 Å². The van der Waals surface area contributed by atoms with E-state index in [-0.39, 0.29) is 38.2 Å². The molecular weight excluding hydrogens is 384 g/mol. The quantitative estimate of drug-likeness (QED) is 0.719. The smallest absolute Gasteiger partial charge is 0.222 e. The third-order valence-corrected chi connectivity index (χ3v) is 6.38. The Kier molecular flexibility index (Phi) is 7.05. The summed E-state index contributed by atoms with van der Waals surface area (Å²) in [5, 5.41) is 12.8. The molecule has 2 aliphatic rings. The Labute approximate surface area is 165 Å². The molecule has 0 saturated carbocycles. The molecule has 2 saturated heterocycles. The number of benzene rings is 1. The third kappa shape index (κ3) is 5.74. The maximum atomic E-state index is 12.3. The van der Waals surface area contributed by atoms with Crippen molar-refractivity contribution in [2.24, 2.45) is 0 Å². The molecule has 0 spiro atoms. The van der Waals surface area contributed by atoms with E-state index in [1.54, 1.807) is 0 Å². The Morgan fingerprint density at radius 3 is 2.71 bits per heavy atom. The van der Waals surface area contributed by atoms with Crippen LogP contribution in [0.1, 0.15) is 24.8 Å². The fourth-order valence-corrected chi connectivity index (χ4v) is 4.93. The van der Waals surface area contributed by atoms with E-state index in [1.165, 1.54) is 4.31 Å². The number of aliphatic hydroxyl groups excluding tert-OH is 1. The molecule has 0 radical (unpaired) electrons. The second-order valence-electron chi connectivity index (χ2n) is 7.43. The van der Waals surface area contributed by atoms with Crippen LogP contribution in [0.25, 0.3) is 0 Å². The number of nitrogens with one attached hydrogen (secondary N) is 1. The van der Waals surface area contributed by atoms with Crippen LogP contribution in [0.4, 0.5) is 0 Å². The minimum atomic E-state index is -3.49. The number of nitrogens with zero attached hydrogens (tertiary/aromatic N) is 1. The van der Waals surface area contributed by atoms with Gasteiger partial charge in [-0.25, -0.2) is 8.42 Å². The van der Waals surface area contributed by atoms with Gasteiger partial charge in [-0.1, -0.05) is 30.3 Å². The Hall–Kier alpha value is -1.52. The summed E-state index contributed by atoms with van der Waals surface area (Å²) >= 11 is 0. The van der Waals surface area contributed by atoms with Gasteiger partial charge in [0.25, 0.3) is 0 Å². The summed E-state index contributed by atoms with van der Waals surface area (Å²) in [6.07, 6.45) is 0.887. The minimum absolute atomic E-state index is 0.00834. The van der Waals surface area contributed by atoms with Crippen LogP contribution in [0.15, 0.2) is 30.3 Å². The molecule has 0 aliphatic carbocycles. The Morgan fingerprint density at radius 1 is 1.25 bits per heavy atom. The normalized spacial score (nSPS) is 29.4. The van der Waals surface area contributed by atoms with Crippen LogP contribution in [0.5, 0.6) is 0 Å². The number of rotatable bonds is 5. The summed E-state index contributed by atoms with van der Waals surface area (Å²) in [5.41, 5.74) is 1.02. The first-order chi connectivity index (χ1) is 13.3. The second-order valence-corrected chi connectivity index (χ2v) is 9.37. The molecular formula is C19H28N2O6S. The molecule has 4 atom stereocenters. The lowest BCUT2D eigenvalue weighted by Crippen LogP contribution is -2.57. The molecule has 1 aromatic carbocycles. The van der Waals surface area contributed by atoms with Crippen LogP contribution in [-0.4, -0.2) is 74.1 Å². The van der Waals surface area contributed by atoms with Gasteiger partial charge >= 0.3 is 0 Å². The third-order valence-electron chi connectivity index (χ3n) is 5.11. The van der Waals surface area contributed by atoms with Gasteiger partial charge in [0.05, 0.1) is 50.2 Å². The van der Waals surface area contributed by atoms with E-state index in [0.29, 0.717) is 19.4 Å². The van der Waals surface area contributed by atoms with Gasteiger partial charge in [0.2, 0.25) is 15.9 Å². The first kappa shape index (κ1) is 21.2. The highest BCUT2D eigenvalue weighted by atomic mass is 32.2. The largest absolute Gasteiger partial charge is 0.389 e. The topological polar surface area (TPSA) is 105 Å². The van der Waals surface area contributed by atoms with E-state index in [0.717, 1.165) is 11.8 Å². The molecule has 0 unspecified atom stereocenters. The summed E-state index contributed by atoms with van der Waals surface area (Å²) in [7, 11) is -3.49. The van der Waals surface area contributed by atoms with Gasteiger partial charge in [-0.3, -0.25) is 4.79 Å². The van der Waals surface area contributed by atoms with Crippen LogP contribution in [0.2, 0.25) is 0 Å². The SMILES string of the molecule is CS(=O)(=O)N1C[C@@H](O)COC[C@@H]2O[C@H](CC(=O)NCc3ccccc3)CC[C@H]21. The first-order valence-electron chi connectivity index (χ1n) is 9.51. The van der Waals surface area contributed by atoms with Gasteiger partial charge in [-0.15, -0.1) is 0 Å². The first-order valence-corrected chi connectivity index (χ1v) is 11.4. The number of carbonyl (C=O) groups is 1. The van der Waals surface area contributed by atoms with E-state index in [2.05, 4.69) is 5.32 Å². The summed E-state index contributed by atoms with van der Waals surface area (Å²) in [5.74, 6) is -0.102. The zero-order valence-corrected chi connectivity index (χ0v) is 16.8. The summed E-state index contributed by atoms with van der Waals surface area (Å²) < 4.78 is 37.2. The molecule has 9 heteroatoms. The van der Waals surface area contributed by atoms with E-state index >= 15 is 0 Å². The van der Waals surface area contributed by atoms with Gasteiger partial charge in [0.15, 0.2) is 0 Å². The van der Waals surface area contributed by atoms with Crippen LogP contribution in [-0.2, 0) is 30.8 Å². The highest BCUT2D eigenvalue weighted by Gasteiger charge is 2.41. The van der Waals surface area contributed by atoms with E-state index in [1.807, 2.05) is 30.3 Å². The summed E-state index contributed by atoms with van der Waals surface area (Å²) in [6, 6.07) is 9.27. The van der Waals surface area contributed by atoms with Crippen molar-refractivity contribution in [1.82, 2.24) is 9.62 Å². The average Bonchev–Trinajstić information content (AvgIpc) is 2.63. The van der Waals surface area contributed by atoms with Crippen molar-refractivity contribution < 1.29 is 27.8 Å². The van der Waals surface area contributed by atoms with Gasteiger partial charge in [0.1, 0.15) is 0 Å². The van der Waals surface area contributed by atoms with Crippen LogP contribution in [0.3, 0.4) is 0 Å². The lowest BCUT2D eigenvalue weighted by molar-refractivity contribution is -0.146. The molecule has 28 heavy (non-hydrogen) atoms. The molecule has 1 aromatic rings. The second kappa shape index (κ2) is 9.32. The predicted octanol–water partition coefficient (Wildman–Crippen LogP) is 0.262. The number of β-amino-alcohol motifs (C(OH)–C–C–N with tert-alkyl or cyclic N) is 1. The molecule has 2 fully saturated rings. The number of ether oxygens (including phenoxy) is 2. The average molecular weight is 413 g/mol. The van der Waals surface area contributed by atoms with E-state index in [9.17, 15) is 18.3 Å².